The van der Waals surface area contributed by atoms with Gasteiger partial charge in [0.1, 0.15) is 0 Å². The third kappa shape index (κ3) is 4.49. The van der Waals surface area contributed by atoms with E-state index in [1.165, 1.54) is 0 Å². The van der Waals surface area contributed by atoms with Crippen LogP contribution in [0.25, 0.3) is 0 Å². The van der Waals surface area contributed by atoms with Crippen LogP contribution in [0.3, 0.4) is 0 Å². The summed E-state index contributed by atoms with van der Waals surface area (Å²) in [6, 6.07) is 0.294. The van der Waals surface area contributed by atoms with E-state index in [4.69, 9.17) is 0 Å². The van der Waals surface area contributed by atoms with Crippen molar-refractivity contribution in [3.8, 4) is 0 Å². The lowest BCUT2D eigenvalue weighted by Crippen LogP contribution is -2.41. The highest BCUT2D eigenvalue weighted by Gasteiger charge is 2.37. The second kappa shape index (κ2) is 6.75. The number of nitrogens with one attached hydrogen (secondary N) is 1. The molecule has 19 heavy (non-hydrogen) atoms. The first kappa shape index (κ1) is 14.9. The zero-order chi connectivity index (χ0) is 13.7. The van der Waals surface area contributed by atoms with Crippen molar-refractivity contribution >= 4 is 11.3 Å². The van der Waals surface area contributed by atoms with Gasteiger partial charge in [-0.2, -0.15) is 0 Å². The molecule has 0 amide bonds. The van der Waals surface area contributed by atoms with E-state index in [1.807, 2.05) is 11.6 Å². The van der Waals surface area contributed by atoms with Crippen molar-refractivity contribution in [3.05, 3.63) is 16.6 Å². The fraction of sp³-hybridized carbons (Fsp3) is 0.786. The Balaban J connectivity index is 1.93. The standard InChI is InChI=1S/C14H22F2N2S/c1-2-7-17-12(10-13-18-8-9-19-13)11-3-5-14(15,16)6-4-11/h8-9,11-12,17H,2-7,10H2,1H3. The Morgan fingerprint density at radius 3 is 2.79 bits per heavy atom. The Morgan fingerprint density at radius 2 is 2.21 bits per heavy atom. The molecule has 1 atom stereocenters. The maximum atomic E-state index is 13.2. The molecule has 2 rings (SSSR count). The molecule has 0 saturated heterocycles. The van der Waals surface area contributed by atoms with Gasteiger partial charge < -0.3 is 5.32 Å². The smallest absolute Gasteiger partial charge is 0.248 e. The minimum Gasteiger partial charge on any atom is -0.313 e. The lowest BCUT2D eigenvalue weighted by Gasteiger charge is -2.34. The molecule has 1 heterocycles. The third-order valence-corrected chi connectivity index (χ3v) is 4.67. The molecule has 2 nitrogen and oxygen atoms in total. The third-order valence-electron chi connectivity index (χ3n) is 3.87. The summed E-state index contributed by atoms with van der Waals surface area (Å²) in [5.74, 6) is -2.08. The number of hydrogen-bond donors (Lipinski definition) is 1. The summed E-state index contributed by atoms with van der Waals surface area (Å²) in [7, 11) is 0. The molecule has 1 aromatic heterocycles. The lowest BCUT2D eigenvalue weighted by atomic mass is 9.81. The zero-order valence-corrected chi connectivity index (χ0v) is 12.2. The highest BCUT2D eigenvalue weighted by molar-refractivity contribution is 7.09. The van der Waals surface area contributed by atoms with Crippen LogP contribution >= 0.6 is 11.3 Å². The molecular formula is C14H22F2N2S. The Bertz CT molecular complexity index is 358. The van der Waals surface area contributed by atoms with Crippen molar-refractivity contribution in [2.24, 2.45) is 5.92 Å². The molecule has 5 heteroatoms. The molecule has 1 aliphatic rings. The maximum absolute atomic E-state index is 13.2. The van der Waals surface area contributed by atoms with Crippen LogP contribution in [0.5, 0.6) is 0 Å². The molecule has 1 N–H and O–H groups in total. The van der Waals surface area contributed by atoms with Crippen LogP contribution in [0, 0.1) is 5.92 Å². The average Bonchev–Trinajstić information content (AvgIpc) is 2.87. The van der Waals surface area contributed by atoms with Crippen molar-refractivity contribution in [2.45, 2.75) is 57.4 Å². The molecule has 0 aliphatic heterocycles. The highest BCUT2D eigenvalue weighted by atomic mass is 32.1. The molecule has 1 aromatic rings. The van der Waals surface area contributed by atoms with E-state index < -0.39 is 5.92 Å². The number of rotatable bonds is 6. The fourth-order valence-corrected chi connectivity index (χ4v) is 3.42. The summed E-state index contributed by atoms with van der Waals surface area (Å²) in [6.45, 7) is 3.07. The van der Waals surface area contributed by atoms with Gasteiger partial charge in [0.25, 0.3) is 0 Å². The monoisotopic (exact) mass is 288 g/mol. The second-order valence-corrected chi connectivity index (χ2v) is 6.36. The maximum Gasteiger partial charge on any atom is 0.248 e. The molecule has 1 aliphatic carbocycles. The quantitative estimate of drug-likeness (QED) is 0.859. The van der Waals surface area contributed by atoms with Gasteiger partial charge in [-0.05, 0) is 31.7 Å². The van der Waals surface area contributed by atoms with Crippen LogP contribution < -0.4 is 5.32 Å². The molecule has 108 valence electrons. The molecular weight excluding hydrogens is 266 g/mol. The van der Waals surface area contributed by atoms with E-state index in [0.717, 1.165) is 24.4 Å². The van der Waals surface area contributed by atoms with Crippen LogP contribution in [0.15, 0.2) is 11.6 Å². The van der Waals surface area contributed by atoms with Gasteiger partial charge in [-0.15, -0.1) is 11.3 Å². The number of alkyl halides is 2. The van der Waals surface area contributed by atoms with Gasteiger partial charge in [-0.3, -0.25) is 0 Å². The van der Waals surface area contributed by atoms with Gasteiger partial charge in [0, 0.05) is 36.9 Å². The van der Waals surface area contributed by atoms with E-state index in [-0.39, 0.29) is 12.8 Å². The summed E-state index contributed by atoms with van der Waals surface area (Å²) in [5, 5.41) is 6.60. The van der Waals surface area contributed by atoms with Gasteiger partial charge in [-0.1, -0.05) is 6.92 Å². The van der Waals surface area contributed by atoms with Gasteiger partial charge in [-0.25, -0.2) is 13.8 Å². The van der Waals surface area contributed by atoms with E-state index in [1.54, 1.807) is 11.3 Å². The number of halogens is 2. The zero-order valence-electron chi connectivity index (χ0n) is 11.4. The number of nitrogens with zero attached hydrogens (tertiary/aromatic N) is 1. The molecule has 1 fully saturated rings. The van der Waals surface area contributed by atoms with Gasteiger partial charge in [0.15, 0.2) is 0 Å². The van der Waals surface area contributed by atoms with Crippen LogP contribution in [-0.4, -0.2) is 23.5 Å². The average molecular weight is 288 g/mol. The van der Waals surface area contributed by atoms with Crippen LogP contribution in [0.2, 0.25) is 0 Å². The minimum atomic E-state index is -2.44. The normalized spacial score (nSPS) is 21.4. The van der Waals surface area contributed by atoms with Crippen LogP contribution in [0.4, 0.5) is 8.78 Å². The Hall–Kier alpha value is -0.550. The summed E-state index contributed by atoms with van der Waals surface area (Å²) < 4.78 is 26.5. The SMILES string of the molecule is CCCNC(Cc1nccs1)C1CCC(F)(F)CC1. The largest absolute Gasteiger partial charge is 0.313 e. The lowest BCUT2D eigenvalue weighted by molar-refractivity contribution is -0.0495. The van der Waals surface area contributed by atoms with Crippen molar-refractivity contribution in [3.63, 3.8) is 0 Å². The highest BCUT2D eigenvalue weighted by Crippen LogP contribution is 2.38. The second-order valence-electron chi connectivity index (χ2n) is 5.38. The molecule has 0 spiro atoms. The number of aromatic nitrogens is 1. The van der Waals surface area contributed by atoms with Gasteiger partial charge in [0.2, 0.25) is 5.92 Å². The van der Waals surface area contributed by atoms with E-state index in [0.29, 0.717) is 24.8 Å². The van der Waals surface area contributed by atoms with Gasteiger partial charge in [0.05, 0.1) is 5.01 Å². The molecule has 1 saturated carbocycles. The van der Waals surface area contributed by atoms with E-state index in [9.17, 15) is 8.78 Å². The predicted octanol–water partition coefficient (Wildman–Crippen LogP) is 3.88. The van der Waals surface area contributed by atoms with Crippen molar-refractivity contribution in [1.82, 2.24) is 10.3 Å². The van der Waals surface area contributed by atoms with Crippen LogP contribution in [-0.2, 0) is 6.42 Å². The molecule has 0 radical (unpaired) electrons. The number of thiazole rings is 1. The minimum absolute atomic E-state index is 0.0415. The Labute approximate surface area is 117 Å². The summed E-state index contributed by atoms with van der Waals surface area (Å²) in [4.78, 5) is 4.32. The molecule has 0 bridgehead atoms. The predicted molar refractivity (Wildman–Crippen MR) is 74.8 cm³/mol. The molecule has 0 aromatic carbocycles. The first-order chi connectivity index (χ1) is 9.11. The van der Waals surface area contributed by atoms with E-state index >= 15 is 0 Å². The van der Waals surface area contributed by atoms with Gasteiger partial charge >= 0.3 is 0 Å². The van der Waals surface area contributed by atoms with Crippen molar-refractivity contribution in [1.29, 1.82) is 0 Å². The summed E-state index contributed by atoms with van der Waals surface area (Å²) >= 11 is 1.65. The van der Waals surface area contributed by atoms with Crippen molar-refractivity contribution in [2.75, 3.05) is 6.54 Å². The van der Waals surface area contributed by atoms with Crippen molar-refractivity contribution < 1.29 is 8.78 Å². The summed E-state index contributed by atoms with van der Waals surface area (Å²) in [5.41, 5.74) is 0. The van der Waals surface area contributed by atoms with E-state index in [2.05, 4.69) is 17.2 Å². The number of hydrogen-bond acceptors (Lipinski definition) is 3. The summed E-state index contributed by atoms with van der Waals surface area (Å²) in [6.07, 6.45) is 5.08. The first-order valence-corrected chi connectivity index (χ1v) is 7.98. The Morgan fingerprint density at radius 1 is 1.47 bits per heavy atom. The fourth-order valence-electron chi connectivity index (χ4n) is 2.74. The Kier molecular flexibility index (Phi) is 5.28. The van der Waals surface area contributed by atoms with Crippen LogP contribution in [0.1, 0.15) is 44.0 Å². The topological polar surface area (TPSA) is 24.9 Å². The molecule has 1 unspecified atom stereocenters. The first-order valence-electron chi connectivity index (χ1n) is 7.10.